The van der Waals surface area contributed by atoms with Gasteiger partial charge in [-0.25, -0.2) is 4.98 Å². The first kappa shape index (κ1) is 21.1. The van der Waals surface area contributed by atoms with Gasteiger partial charge >= 0.3 is 6.01 Å². The van der Waals surface area contributed by atoms with Gasteiger partial charge in [0.25, 0.3) is 5.91 Å². The summed E-state index contributed by atoms with van der Waals surface area (Å²) >= 11 is 0. The number of amides is 1. The van der Waals surface area contributed by atoms with Crippen LogP contribution in [0.3, 0.4) is 0 Å². The summed E-state index contributed by atoms with van der Waals surface area (Å²) < 4.78 is 7.01. The number of anilines is 2. The number of carbonyl (C=O) groups excluding carboxylic acids is 1. The summed E-state index contributed by atoms with van der Waals surface area (Å²) in [6.45, 7) is 6.07. The second kappa shape index (κ2) is 8.32. The van der Waals surface area contributed by atoms with Crippen LogP contribution in [0.15, 0.2) is 42.7 Å². The van der Waals surface area contributed by atoms with Gasteiger partial charge in [-0.2, -0.15) is 10.1 Å². The molecular weight excluding hydrogens is 418 g/mol. The van der Waals surface area contributed by atoms with Gasteiger partial charge in [-0.05, 0) is 44.2 Å². The number of rotatable bonds is 4. The van der Waals surface area contributed by atoms with Gasteiger partial charge in [-0.15, -0.1) is 0 Å². The molecule has 9 nitrogen and oxygen atoms in total. The molecule has 9 heteroatoms. The number of aromatic nitrogens is 4. The predicted molar refractivity (Wildman–Crippen MR) is 129 cm³/mol. The number of methoxy groups -OCH3 is 1. The highest BCUT2D eigenvalue weighted by Crippen LogP contribution is 2.31. The minimum absolute atomic E-state index is 0.227. The molecule has 2 aromatic heterocycles. The molecule has 1 fully saturated rings. The van der Waals surface area contributed by atoms with Gasteiger partial charge in [0.2, 0.25) is 0 Å². The average Bonchev–Trinajstić information content (AvgIpc) is 3.16. The van der Waals surface area contributed by atoms with E-state index in [1.807, 2.05) is 43.6 Å². The number of benzene rings is 2. The summed E-state index contributed by atoms with van der Waals surface area (Å²) in [7, 11) is 3.39. The van der Waals surface area contributed by atoms with Crippen LogP contribution >= 0.6 is 0 Å². The van der Waals surface area contributed by atoms with E-state index in [4.69, 9.17) is 4.74 Å². The Morgan fingerprint density at radius 2 is 1.97 bits per heavy atom. The lowest BCUT2D eigenvalue weighted by Crippen LogP contribution is -2.54. The number of aryl methyl sites for hydroxylation is 1. The van der Waals surface area contributed by atoms with Crippen molar-refractivity contribution in [3.05, 3.63) is 48.3 Å². The van der Waals surface area contributed by atoms with Crippen LogP contribution in [0.5, 0.6) is 6.01 Å². The third-order valence-electron chi connectivity index (χ3n) is 5.91. The molecule has 33 heavy (non-hydrogen) atoms. The molecule has 0 radical (unpaired) electrons. The molecule has 2 unspecified atom stereocenters. The second-order valence-electron chi connectivity index (χ2n) is 8.66. The van der Waals surface area contributed by atoms with E-state index in [-0.39, 0.29) is 11.9 Å². The Morgan fingerprint density at radius 3 is 2.73 bits per heavy atom. The van der Waals surface area contributed by atoms with Gasteiger partial charge in [-0.3, -0.25) is 9.48 Å². The zero-order valence-corrected chi connectivity index (χ0v) is 19.2. The van der Waals surface area contributed by atoms with Crippen LogP contribution in [-0.2, 0) is 7.05 Å². The minimum atomic E-state index is -0.246. The molecule has 3 heterocycles. The topological polar surface area (TPSA) is 97.2 Å². The van der Waals surface area contributed by atoms with Gasteiger partial charge in [0.15, 0.2) is 0 Å². The normalized spacial score (nSPS) is 18.6. The van der Waals surface area contributed by atoms with Crippen molar-refractivity contribution in [2.24, 2.45) is 7.05 Å². The number of hydrogen-bond acceptors (Lipinski definition) is 7. The van der Waals surface area contributed by atoms with Crippen molar-refractivity contribution < 1.29 is 9.53 Å². The monoisotopic (exact) mass is 445 g/mol. The molecule has 0 aliphatic carbocycles. The summed E-state index contributed by atoms with van der Waals surface area (Å²) in [6, 6.07) is 10.4. The van der Waals surface area contributed by atoms with E-state index in [2.05, 4.69) is 44.4 Å². The Labute approximate surface area is 191 Å². The van der Waals surface area contributed by atoms with Crippen molar-refractivity contribution in [2.75, 3.05) is 30.4 Å². The fourth-order valence-corrected chi connectivity index (χ4v) is 4.59. The minimum Gasteiger partial charge on any atom is -0.467 e. The zero-order chi connectivity index (χ0) is 23.1. The van der Waals surface area contributed by atoms with Crippen LogP contribution in [0, 0.1) is 0 Å². The molecule has 2 atom stereocenters. The Hall–Kier alpha value is -3.72. The molecular formula is C24H27N7O2. The highest BCUT2D eigenvalue weighted by Gasteiger charge is 2.24. The van der Waals surface area contributed by atoms with E-state index < -0.39 is 0 Å². The van der Waals surface area contributed by atoms with Crippen LogP contribution in [0.2, 0.25) is 0 Å². The maximum absolute atomic E-state index is 13.3. The number of ether oxygens (including phenoxy) is 1. The summed E-state index contributed by atoms with van der Waals surface area (Å²) in [5.74, 6) is -0.246. The fourth-order valence-electron chi connectivity index (χ4n) is 4.59. The largest absolute Gasteiger partial charge is 0.467 e. The number of piperazine rings is 1. The molecule has 0 spiro atoms. The van der Waals surface area contributed by atoms with E-state index in [1.165, 1.54) is 7.11 Å². The maximum Gasteiger partial charge on any atom is 0.316 e. The summed E-state index contributed by atoms with van der Waals surface area (Å²) in [6.07, 6.45) is 3.68. The number of nitrogens with zero attached hydrogens (tertiary/aromatic N) is 5. The average molecular weight is 446 g/mol. The molecule has 1 amide bonds. The van der Waals surface area contributed by atoms with Crippen molar-refractivity contribution in [1.29, 1.82) is 0 Å². The first-order valence-corrected chi connectivity index (χ1v) is 11.0. The fraction of sp³-hybridized carbons (Fsp3) is 0.333. The molecule has 170 valence electrons. The van der Waals surface area contributed by atoms with Crippen molar-refractivity contribution in [1.82, 2.24) is 25.1 Å². The van der Waals surface area contributed by atoms with Crippen molar-refractivity contribution >= 4 is 39.1 Å². The van der Waals surface area contributed by atoms with Crippen molar-refractivity contribution in [3.63, 3.8) is 0 Å². The third-order valence-corrected chi connectivity index (χ3v) is 5.91. The van der Waals surface area contributed by atoms with Crippen LogP contribution in [0.1, 0.15) is 24.2 Å². The maximum atomic E-state index is 13.3. The van der Waals surface area contributed by atoms with Gasteiger partial charge < -0.3 is 20.3 Å². The molecule has 1 saturated heterocycles. The second-order valence-corrected chi connectivity index (χ2v) is 8.66. The number of carbonyl (C=O) groups is 1. The lowest BCUT2D eigenvalue weighted by atomic mass is 10.0. The molecule has 5 rings (SSSR count). The van der Waals surface area contributed by atoms with Gasteiger partial charge in [0.1, 0.15) is 0 Å². The summed E-state index contributed by atoms with van der Waals surface area (Å²) in [5, 5.41) is 12.8. The summed E-state index contributed by atoms with van der Waals surface area (Å²) in [5.41, 5.74) is 3.54. The quantitative estimate of drug-likeness (QED) is 0.498. The standard InChI is InChI=1S/C24H27N7O2/c1-14-11-31(12-15(2)26-14)21-8-7-18(22-19(21)10-25-24(28-22)33-4)23(32)27-17-6-5-16-13-30(3)29-20(16)9-17/h5-10,13-15,26H,11-12H2,1-4H3,(H,27,32). The van der Waals surface area contributed by atoms with Crippen molar-refractivity contribution in [3.8, 4) is 6.01 Å². The molecule has 0 bridgehead atoms. The molecule has 0 saturated carbocycles. The molecule has 1 aliphatic heterocycles. The van der Waals surface area contributed by atoms with E-state index >= 15 is 0 Å². The Kier molecular flexibility index (Phi) is 5.33. The van der Waals surface area contributed by atoms with Gasteiger partial charge in [-0.1, -0.05) is 0 Å². The van der Waals surface area contributed by atoms with E-state index in [9.17, 15) is 4.79 Å². The number of hydrogen-bond donors (Lipinski definition) is 2. The molecule has 2 aromatic carbocycles. The predicted octanol–water partition coefficient (Wildman–Crippen LogP) is 2.96. The van der Waals surface area contributed by atoms with Crippen LogP contribution in [0.25, 0.3) is 21.8 Å². The van der Waals surface area contributed by atoms with Crippen molar-refractivity contribution in [2.45, 2.75) is 25.9 Å². The lowest BCUT2D eigenvalue weighted by Gasteiger charge is -2.38. The lowest BCUT2D eigenvalue weighted by molar-refractivity contribution is 0.102. The third kappa shape index (κ3) is 4.07. The highest BCUT2D eigenvalue weighted by molar-refractivity contribution is 6.14. The zero-order valence-electron chi connectivity index (χ0n) is 19.2. The number of fused-ring (bicyclic) bond motifs is 2. The number of nitrogens with one attached hydrogen (secondary N) is 2. The first-order chi connectivity index (χ1) is 15.9. The Bertz CT molecular complexity index is 1340. The van der Waals surface area contributed by atoms with Gasteiger partial charge in [0.05, 0.1) is 23.7 Å². The summed E-state index contributed by atoms with van der Waals surface area (Å²) in [4.78, 5) is 24.5. The van der Waals surface area contributed by atoms with Gasteiger partial charge in [0, 0.05) is 66.8 Å². The molecule has 1 aliphatic rings. The van der Waals surface area contributed by atoms with Crippen LogP contribution < -0.4 is 20.3 Å². The van der Waals surface area contributed by atoms with E-state index in [0.717, 1.165) is 35.1 Å². The van der Waals surface area contributed by atoms with E-state index in [0.29, 0.717) is 28.9 Å². The van der Waals surface area contributed by atoms with E-state index in [1.54, 1.807) is 10.9 Å². The highest BCUT2D eigenvalue weighted by atomic mass is 16.5. The van der Waals surface area contributed by atoms with Crippen LogP contribution in [-0.4, -0.2) is 57.9 Å². The SMILES string of the molecule is COc1ncc2c(N3CC(C)NC(C)C3)ccc(C(=O)Nc3ccc4cn(C)nc4c3)c2n1. The van der Waals surface area contributed by atoms with Crippen LogP contribution in [0.4, 0.5) is 11.4 Å². The Balaban J connectivity index is 1.53. The first-order valence-electron chi connectivity index (χ1n) is 11.0. The molecule has 2 N–H and O–H groups in total. The smallest absolute Gasteiger partial charge is 0.316 e. The Morgan fingerprint density at radius 1 is 1.18 bits per heavy atom. The molecule has 4 aromatic rings.